The van der Waals surface area contributed by atoms with Gasteiger partial charge in [-0.2, -0.15) is 0 Å². The lowest BCUT2D eigenvalue weighted by atomic mass is 10.0. The minimum atomic E-state index is -1.15. The van der Waals surface area contributed by atoms with Crippen LogP contribution in [0.2, 0.25) is 0 Å². The Morgan fingerprint density at radius 2 is 1.66 bits per heavy atom. The van der Waals surface area contributed by atoms with E-state index in [1.54, 1.807) is 0 Å². The lowest BCUT2D eigenvalue weighted by Gasteiger charge is -2.17. The summed E-state index contributed by atoms with van der Waals surface area (Å²) < 4.78 is 28.2. The van der Waals surface area contributed by atoms with Crippen molar-refractivity contribution in [1.29, 1.82) is 0 Å². The number of carbonyl (C=O) groups excluding carboxylic acids is 1. The van der Waals surface area contributed by atoms with Crippen LogP contribution in [0.3, 0.4) is 0 Å². The van der Waals surface area contributed by atoms with Crippen LogP contribution in [0, 0.1) is 11.6 Å². The summed E-state index contributed by atoms with van der Waals surface area (Å²) in [6.07, 6.45) is 6.24. The first-order valence-electron chi connectivity index (χ1n) is 9.18. The topological polar surface area (TPSA) is 123 Å². The number of carboxylic acid groups (broad SMARTS) is 1. The molecule has 0 aliphatic heterocycles. The molecule has 0 spiro atoms. The van der Waals surface area contributed by atoms with E-state index >= 15 is 0 Å². The quantitative estimate of drug-likeness (QED) is 0.476. The van der Waals surface area contributed by atoms with Crippen LogP contribution in [-0.2, 0) is 0 Å². The van der Waals surface area contributed by atoms with Crippen molar-refractivity contribution in [3.63, 3.8) is 0 Å². The van der Waals surface area contributed by atoms with Gasteiger partial charge in [0.25, 0.3) is 5.91 Å². The first-order valence-corrected chi connectivity index (χ1v) is 9.18. The maximum atomic E-state index is 13.5. The zero-order valence-corrected chi connectivity index (χ0v) is 16.2. The van der Waals surface area contributed by atoms with Crippen LogP contribution in [0.25, 0.3) is 5.69 Å². The third-order valence-electron chi connectivity index (χ3n) is 4.49. The Labute approximate surface area is 179 Å². The standard InChI is InChI=1S/C21H14F2N6O3/c22-15-3-1-12(2-4-15)19(26-20(30)13-5-16(23)9-24-7-13)18-11-29(28-27-18)17-6-14(21(31)32)8-25-10-17/h1-11,19H,(H,26,30)(H,31,32). The second-order valence-electron chi connectivity index (χ2n) is 6.67. The molecule has 3 heterocycles. The third kappa shape index (κ3) is 4.46. The van der Waals surface area contributed by atoms with Crippen LogP contribution >= 0.6 is 0 Å². The summed E-state index contributed by atoms with van der Waals surface area (Å²) in [5.41, 5.74) is 1.05. The van der Waals surface area contributed by atoms with Crippen LogP contribution in [0.1, 0.15) is 38.0 Å². The van der Waals surface area contributed by atoms with Crippen molar-refractivity contribution in [2.75, 3.05) is 0 Å². The van der Waals surface area contributed by atoms with Gasteiger partial charge in [0.15, 0.2) is 0 Å². The molecule has 1 aromatic carbocycles. The second-order valence-corrected chi connectivity index (χ2v) is 6.67. The highest BCUT2D eigenvalue weighted by molar-refractivity contribution is 5.94. The van der Waals surface area contributed by atoms with Crippen LogP contribution in [0.5, 0.6) is 0 Å². The summed E-state index contributed by atoms with van der Waals surface area (Å²) in [6, 6.07) is 6.91. The van der Waals surface area contributed by atoms with Crippen molar-refractivity contribution in [1.82, 2.24) is 30.3 Å². The van der Waals surface area contributed by atoms with E-state index in [-0.39, 0.29) is 16.8 Å². The highest BCUT2D eigenvalue weighted by Gasteiger charge is 2.22. The van der Waals surface area contributed by atoms with Gasteiger partial charge in [-0.25, -0.2) is 18.3 Å². The summed E-state index contributed by atoms with van der Waals surface area (Å²) in [4.78, 5) is 31.4. The van der Waals surface area contributed by atoms with Gasteiger partial charge in [-0.1, -0.05) is 17.3 Å². The maximum Gasteiger partial charge on any atom is 0.337 e. The largest absolute Gasteiger partial charge is 0.478 e. The van der Waals surface area contributed by atoms with E-state index in [1.807, 2.05) is 0 Å². The highest BCUT2D eigenvalue weighted by atomic mass is 19.1. The van der Waals surface area contributed by atoms with E-state index in [2.05, 4.69) is 25.6 Å². The number of hydrogen-bond acceptors (Lipinski definition) is 6. The van der Waals surface area contributed by atoms with E-state index in [9.17, 15) is 18.4 Å². The molecule has 1 atom stereocenters. The molecule has 4 rings (SSSR count). The highest BCUT2D eigenvalue weighted by Crippen LogP contribution is 2.22. The number of benzene rings is 1. The van der Waals surface area contributed by atoms with Gasteiger partial charge >= 0.3 is 5.97 Å². The van der Waals surface area contributed by atoms with Crippen molar-refractivity contribution in [3.05, 3.63) is 101 Å². The molecule has 0 fully saturated rings. The number of hydrogen-bond donors (Lipinski definition) is 2. The average Bonchev–Trinajstić information content (AvgIpc) is 3.28. The van der Waals surface area contributed by atoms with Gasteiger partial charge in [0.2, 0.25) is 0 Å². The number of aromatic carboxylic acids is 1. The van der Waals surface area contributed by atoms with Gasteiger partial charge in [-0.15, -0.1) is 5.10 Å². The van der Waals surface area contributed by atoms with Crippen molar-refractivity contribution >= 4 is 11.9 Å². The van der Waals surface area contributed by atoms with Crippen LogP contribution in [0.4, 0.5) is 8.78 Å². The average molecular weight is 436 g/mol. The van der Waals surface area contributed by atoms with Crippen LogP contribution in [0.15, 0.2) is 67.4 Å². The van der Waals surface area contributed by atoms with E-state index in [1.165, 1.54) is 59.8 Å². The van der Waals surface area contributed by atoms with Gasteiger partial charge in [0.1, 0.15) is 23.4 Å². The summed E-state index contributed by atoms with van der Waals surface area (Å²) in [6.45, 7) is 0. The van der Waals surface area contributed by atoms with Crippen molar-refractivity contribution < 1.29 is 23.5 Å². The first-order chi connectivity index (χ1) is 15.4. The lowest BCUT2D eigenvalue weighted by molar-refractivity contribution is 0.0696. The molecular weight excluding hydrogens is 422 g/mol. The van der Waals surface area contributed by atoms with Gasteiger partial charge in [0.05, 0.1) is 35.4 Å². The molecule has 0 aliphatic rings. The molecule has 32 heavy (non-hydrogen) atoms. The molecule has 11 heteroatoms. The minimum Gasteiger partial charge on any atom is -0.478 e. The Morgan fingerprint density at radius 3 is 2.38 bits per heavy atom. The number of carboxylic acids is 1. The summed E-state index contributed by atoms with van der Waals surface area (Å²) in [5, 5.41) is 19.9. The predicted octanol–water partition coefficient (Wildman–Crippen LogP) is 2.55. The van der Waals surface area contributed by atoms with E-state index in [4.69, 9.17) is 5.11 Å². The maximum absolute atomic E-state index is 13.5. The molecule has 0 saturated carbocycles. The van der Waals surface area contributed by atoms with Crippen molar-refractivity contribution in [3.8, 4) is 5.69 Å². The smallest absolute Gasteiger partial charge is 0.337 e. The van der Waals surface area contributed by atoms with Gasteiger partial charge in [-0.05, 0) is 29.8 Å². The van der Waals surface area contributed by atoms with Gasteiger partial charge in [0, 0.05) is 12.4 Å². The van der Waals surface area contributed by atoms with Crippen molar-refractivity contribution in [2.24, 2.45) is 0 Å². The number of amides is 1. The minimum absolute atomic E-state index is 0.0112. The predicted molar refractivity (Wildman–Crippen MR) is 106 cm³/mol. The Hall–Kier alpha value is -4.54. The lowest BCUT2D eigenvalue weighted by Crippen LogP contribution is -2.29. The van der Waals surface area contributed by atoms with E-state index in [0.29, 0.717) is 11.3 Å². The Morgan fingerprint density at radius 1 is 0.938 bits per heavy atom. The van der Waals surface area contributed by atoms with Gasteiger partial charge in [-0.3, -0.25) is 14.8 Å². The zero-order valence-electron chi connectivity index (χ0n) is 16.2. The normalized spacial score (nSPS) is 11.7. The molecule has 0 radical (unpaired) electrons. The SMILES string of the molecule is O=C(O)c1cncc(-n2cc(C(NC(=O)c3cncc(F)c3)c3ccc(F)cc3)nn2)c1. The molecule has 0 saturated heterocycles. The third-order valence-corrected chi connectivity index (χ3v) is 4.49. The number of halogens is 2. The van der Waals surface area contributed by atoms with Crippen molar-refractivity contribution in [2.45, 2.75) is 6.04 Å². The van der Waals surface area contributed by atoms with Crippen LogP contribution in [-0.4, -0.2) is 41.9 Å². The molecule has 160 valence electrons. The summed E-state index contributed by atoms with van der Waals surface area (Å²) in [5.74, 6) is -2.92. The van der Waals surface area contributed by atoms with E-state index in [0.717, 1.165) is 12.3 Å². The Bertz CT molecular complexity index is 1290. The Kier molecular flexibility index (Phi) is 5.62. The fourth-order valence-corrected chi connectivity index (χ4v) is 2.94. The van der Waals surface area contributed by atoms with Crippen LogP contribution < -0.4 is 5.32 Å². The number of rotatable bonds is 6. The number of carbonyl (C=O) groups is 2. The fourth-order valence-electron chi connectivity index (χ4n) is 2.94. The number of aromatic nitrogens is 5. The molecule has 2 N–H and O–H groups in total. The molecule has 0 aliphatic carbocycles. The monoisotopic (exact) mass is 436 g/mol. The molecule has 9 nitrogen and oxygen atoms in total. The summed E-state index contributed by atoms with van der Waals surface area (Å²) >= 11 is 0. The number of nitrogens with zero attached hydrogens (tertiary/aromatic N) is 5. The molecular formula is C21H14F2N6O3. The second kappa shape index (κ2) is 8.68. The summed E-state index contributed by atoms with van der Waals surface area (Å²) in [7, 11) is 0. The van der Waals surface area contributed by atoms with Gasteiger partial charge < -0.3 is 10.4 Å². The number of nitrogens with one attached hydrogen (secondary N) is 1. The fraction of sp³-hybridized carbons (Fsp3) is 0.0476. The van der Waals surface area contributed by atoms with E-state index < -0.39 is 29.6 Å². The zero-order chi connectivity index (χ0) is 22.7. The number of pyridine rings is 2. The molecule has 1 unspecified atom stereocenters. The first kappa shape index (κ1) is 20.7. The Balaban J connectivity index is 1.69. The molecule has 3 aromatic heterocycles. The molecule has 4 aromatic rings. The molecule has 1 amide bonds. The molecule has 0 bridgehead atoms.